The molecule has 0 unspecified atom stereocenters. The minimum absolute atomic E-state index is 0.395. The molecule has 0 fully saturated rings. The van der Waals surface area contributed by atoms with Crippen molar-refractivity contribution in [3.05, 3.63) is 70.9 Å². The largest absolute Gasteiger partial charge is 0.618 e. The predicted octanol–water partition coefficient (Wildman–Crippen LogP) is 2.73. The summed E-state index contributed by atoms with van der Waals surface area (Å²) < 4.78 is 5.39. The van der Waals surface area contributed by atoms with Gasteiger partial charge in [0, 0.05) is 17.7 Å². The fourth-order valence-corrected chi connectivity index (χ4v) is 1.61. The Bertz CT molecular complexity index is 589. The van der Waals surface area contributed by atoms with Gasteiger partial charge in [-0.15, -0.1) is 0 Å². The first-order chi connectivity index (χ1) is 9.20. The number of carbonyl (C=O) groups is 1. The summed E-state index contributed by atoms with van der Waals surface area (Å²) in [6.45, 7) is 0. The van der Waals surface area contributed by atoms with E-state index in [1.54, 1.807) is 48.5 Å². The van der Waals surface area contributed by atoms with Crippen LogP contribution < -0.4 is 0 Å². The maximum Gasteiger partial charge on any atom is 0.337 e. The maximum atomic E-state index is 11.9. The molecule has 0 aromatic heterocycles. The topological polar surface area (TPSA) is 52.4 Å². The average Bonchev–Trinajstić information content (AvgIpc) is 2.48. The van der Waals surface area contributed by atoms with Crippen LogP contribution in [-0.2, 0) is 4.74 Å². The number of hydrogen-bond acceptors (Lipinski definition) is 3. The molecule has 0 amide bonds. The molecule has 0 spiro atoms. The van der Waals surface area contributed by atoms with Gasteiger partial charge in [0.2, 0.25) is 5.69 Å². The fraction of sp³-hybridized carbons (Fsp3) is 0.0667. The van der Waals surface area contributed by atoms with Crippen molar-refractivity contribution in [1.29, 1.82) is 0 Å². The highest BCUT2D eigenvalue weighted by atomic mass is 16.5. The summed E-state index contributed by atoms with van der Waals surface area (Å²) in [6, 6.07) is 15.5. The normalized spacial score (nSPS) is 11.1. The van der Waals surface area contributed by atoms with Gasteiger partial charge < -0.3 is 9.94 Å². The summed E-state index contributed by atoms with van der Waals surface area (Å²) in [5.74, 6) is -0.395. The zero-order valence-corrected chi connectivity index (χ0v) is 10.4. The molecule has 96 valence electrons. The Morgan fingerprint density at radius 3 is 2.32 bits per heavy atom. The van der Waals surface area contributed by atoms with Crippen LogP contribution in [0.2, 0.25) is 0 Å². The second-order valence-electron chi connectivity index (χ2n) is 3.90. The molecule has 0 bridgehead atoms. The van der Waals surface area contributed by atoms with Crippen molar-refractivity contribution >= 4 is 17.9 Å². The molecule has 0 N–H and O–H groups in total. The smallest absolute Gasteiger partial charge is 0.337 e. The van der Waals surface area contributed by atoms with E-state index in [-0.39, 0.29) is 0 Å². The van der Waals surface area contributed by atoms with Crippen LogP contribution in [0.3, 0.4) is 0 Å². The SMILES string of the molecule is COC(=O)c1ccc(/C=[N+](/[O-])c2ccccc2)cc1. The molecule has 19 heavy (non-hydrogen) atoms. The molecule has 0 aliphatic heterocycles. The van der Waals surface area contributed by atoms with Crippen LogP contribution in [0.5, 0.6) is 0 Å². The molecule has 2 aromatic rings. The minimum Gasteiger partial charge on any atom is -0.618 e. The molecule has 4 nitrogen and oxygen atoms in total. The van der Waals surface area contributed by atoms with E-state index in [1.807, 2.05) is 6.07 Å². The van der Waals surface area contributed by atoms with Crippen molar-refractivity contribution in [2.75, 3.05) is 7.11 Å². The third-order valence-corrected chi connectivity index (χ3v) is 2.61. The highest BCUT2D eigenvalue weighted by Gasteiger charge is 2.05. The van der Waals surface area contributed by atoms with E-state index in [2.05, 4.69) is 4.74 Å². The number of carbonyl (C=O) groups excluding carboxylic acids is 1. The Kier molecular flexibility index (Phi) is 3.93. The Hall–Kier alpha value is -2.62. The van der Waals surface area contributed by atoms with E-state index in [1.165, 1.54) is 13.3 Å². The highest BCUT2D eigenvalue weighted by molar-refractivity contribution is 5.90. The maximum absolute atomic E-state index is 11.9. The van der Waals surface area contributed by atoms with Crippen molar-refractivity contribution in [3.63, 3.8) is 0 Å². The van der Waals surface area contributed by atoms with E-state index < -0.39 is 5.97 Å². The second-order valence-corrected chi connectivity index (χ2v) is 3.90. The Balaban J connectivity index is 2.22. The zero-order valence-electron chi connectivity index (χ0n) is 10.4. The fourth-order valence-electron chi connectivity index (χ4n) is 1.61. The molecule has 0 radical (unpaired) electrons. The first-order valence-electron chi connectivity index (χ1n) is 5.75. The lowest BCUT2D eigenvalue weighted by atomic mass is 10.1. The Morgan fingerprint density at radius 2 is 1.74 bits per heavy atom. The number of rotatable bonds is 3. The van der Waals surface area contributed by atoms with E-state index in [0.717, 1.165) is 4.74 Å². The average molecular weight is 255 g/mol. The van der Waals surface area contributed by atoms with Crippen molar-refractivity contribution in [2.45, 2.75) is 0 Å². The molecule has 0 atom stereocenters. The van der Waals surface area contributed by atoms with Gasteiger partial charge in [-0.2, -0.15) is 4.74 Å². The van der Waals surface area contributed by atoms with E-state index in [4.69, 9.17) is 0 Å². The van der Waals surface area contributed by atoms with Crippen LogP contribution in [0.25, 0.3) is 0 Å². The highest BCUT2D eigenvalue weighted by Crippen LogP contribution is 2.10. The van der Waals surface area contributed by atoms with Crippen molar-refractivity contribution in [1.82, 2.24) is 0 Å². The van der Waals surface area contributed by atoms with E-state index >= 15 is 0 Å². The number of methoxy groups -OCH3 is 1. The number of para-hydroxylation sites is 1. The van der Waals surface area contributed by atoms with Crippen molar-refractivity contribution in [2.24, 2.45) is 0 Å². The van der Waals surface area contributed by atoms with Gasteiger partial charge in [-0.05, 0) is 24.3 Å². The number of ether oxygens (including phenoxy) is 1. The van der Waals surface area contributed by atoms with Crippen molar-refractivity contribution < 1.29 is 14.3 Å². The van der Waals surface area contributed by atoms with Crippen LogP contribution in [-0.4, -0.2) is 24.0 Å². The van der Waals surface area contributed by atoms with Crippen LogP contribution in [0.1, 0.15) is 15.9 Å². The Labute approximate surface area is 111 Å². The van der Waals surface area contributed by atoms with Gasteiger partial charge in [-0.25, -0.2) is 4.79 Å². The summed E-state index contributed by atoms with van der Waals surface area (Å²) in [7, 11) is 1.33. The molecule has 2 aromatic carbocycles. The predicted molar refractivity (Wildman–Crippen MR) is 72.7 cm³/mol. The Morgan fingerprint density at radius 1 is 1.11 bits per heavy atom. The molecule has 0 saturated heterocycles. The lowest BCUT2D eigenvalue weighted by Crippen LogP contribution is -2.02. The second kappa shape index (κ2) is 5.82. The van der Waals surface area contributed by atoms with Gasteiger partial charge in [0.1, 0.15) is 0 Å². The van der Waals surface area contributed by atoms with E-state index in [0.29, 0.717) is 16.8 Å². The third-order valence-electron chi connectivity index (χ3n) is 2.61. The van der Waals surface area contributed by atoms with Crippen LogP contribution in [0, 0.1) is 5.21 Å². The van der Waals surface area contributed by atoms with Crippen LogP contribution in [0.4, 0.5) is 5.69 Å². The van der Waals surface area contributed by atoms with Crippen LogP contribution in [0.15, 0.2) is 54.6 Å². The summed E-state index contributed by atoms with van der Waals surface area (Å²) in [4.78, 5) is 11.3. The molecule has 0 aliphatic carbocycles. The standard InChI is InChI=1S/C15H13NO3/c1-19-15(17)13-9-7-12(8-10-13)11-16(18)14-5-3-2-4-6-14/h2-11H,1H3/b16-11+. The van der Waals surface area contributed by atoms with Gasteiger partial charge in [0.25, 0.3) is 0 Å². The van der Waals surface area contributed by atoms with Gasteiger partial charge in [0.15, 0.2) is 6.21 Å². The third kappa shape index (κ3) is 3.19. The monoisotopic (exact) mass is 255 g/mol. The van der Waals surface area contributed by atoms with E-state index in [9.17, 15) is 10.0 Å². The summed E-state index contributed by atoms with van der Waals surface area (Å²) in [5, 5.41) is 11.9. The van der Waals surface area contributed by atoms with Gasteiger partial charge in [-0.3, -0.25) is 0 Å². The zero-order chi connectivity index (χ0) is 13.7. The number of esters is 1. The summed E-state index contributed by atoms with van der Waals surface area (Å²) in [5.41, 5.74) is 1.72. The van der Waals surface area contributed by atoms with Gasteiger partial charge in [-0.1, -0.05) is 18.2 Å². The number of benzene rings is 2. The molecule has 4 heteroatoms. The first-order valence-corrected chi connectivity index (χ1v) is 5.75. The number of hydrogen-bond donors (Lipinski definition) is 0. The quantitative estimate of drug-likeness (QED) is 0.278. The van der Waals surface area contributed by atoms with Crippen LogP contribution >= 0.6 is 0 Å². The lowest BCUT2D eigenvalue weighted by Gasteiger charge is -2.03. The molecule has 0 aliphatic rings. The van der Waals surface area contributed by atoms with Crippen molar-refractivity contribution in [3.8, 4) is 0 Å². The van der Waals surface area contributed by atoms with Gasteiger partial charge >= 0.3 is 5.97 Å². The minimum atomic E-state index is -0.395. The lowest BCUT2D eigenvalue weighted by molar-refractivity contribution is -0.354. The molecule has 0 heterocycles. The summed E-state index contributed by atoms with van der Waals surface area (Å²) >= 11 is 0. The number of nitrogens with zero attached hydrogens (tertiary/aromatic N) is 1. The molecular formula is C15H13NO3. The van der Waals surface area contributed by atoms with Gasteiger partial charge in [0.05, 0.1) is 12.7 Å². The summed E-state index contributed by atoms with van der Waals surface area (Å²) in [6.07, 6.45) is 1.45. The molecule has 2 rings (SSSR count). The first kappa shape index (κ1) is 12.8. The molecular weight excluding hydrogens is 242 g/mol. The molecule has 0 saturated carbocycles.